The predicted molar refractivity (Wildman–Crippen MR) is 146 cm³/mol. The van der Waals surface area contributed by atoms with Crippen molar-refractivity contribution in [3.63, 3.8) is 0 Å². The first-order valence-corrected chi connectivity index (χ1v) is 14.0. The zero-order valence-electron chi connectivity index (χ0n) is 22.8. The number of nitrogens with zero attached hydrogens (tertiary/aromatic N) is 1. The summed E-state index contributed by atoms with van der Waals surface area (Å²) >= 11 is 3.79. The van der Waals surface area contributed by atoms with Crippen LogP contribution in [0, 0.1) is 16.7 Å². The van der Waals surface area contributed by atoms with Gasteiger partial charge < -0.3 is 15.2 Å². The van der Waals surface area contributed by atoms with Crippen LogP contribution >= 0.6 is 15.9 Å². The van der Waals surface area contributed by atoms with E-state index in [1.807, 2.05) is 74.5 Å². The number of halogens is 4. The van der Waals surface area contributed by atoms with E-state index < -0.39 is 33.2 Å². The van der Waals surface area contributed by atoms with Crippen molar-refractivity contribution in [3.05, 3.63) is 71.8 Å². The van der Waals surface area contributed by atoms with Crippen LogP contribution in [0.4, 0.5) is 13.2 Å². The van der Waals surface area contributed by atoms with Gasteiger partial charge >= 0.3 is 6.18 Å². The second-order valence-corrected chi connectivity index (χ2v) is 12.0. The third-order valence-corrected chi connectivity index (χ3v) is 9.96. The van der Waals surface area contributed by atoms with E-state index in [9.17, 15) is 27.6 Å². The minimum Gasteiger partial charge on any atom is -0.542 e. The highest BCUT2D eigenvalue weighted by Gasteiger charge is 2.85. The molecule has 1 saturated carbocycles. The van der Waals surface area contributed by atoms with E-state index in [1.54, 1.807) is 0 Å². The second-order valence-electron chi connectivity index (χ2n) is 10.7. The topological polar surface area (TPSA) is 111 Å². The Morgan fingerprint density at radius 3 is 1.90 bits per heavy atom. The minimum atomic E-state index is -5.19. The van der Waals surface area contributed by atoms with Crippen LogP contribution in [-0.2, 0) is 19.2 Å². The molecule has 2 aromatic carbocycles. The number of amides is 2. The van der Waals surface area contributed by atoms with Crippen molar-refractivity contribution in [1.29, 1.82) is 0 Å². The van der Waals surface area contributed by atoms with Gasteiger partial charge in [0.15, 0.2) is 5.78 Å². The normalized spacial score (nSPS) is 28.6. The maximum atomic E-state index is 14.3. The van der Waals surface area contributed by atoms with Crippen molar-refractivity contribution in [1.82, 2.24) is 4.90 Å². The highest BCUT2D eigenvalue weighted by atomic mass is 79.9. The average molecular weight is 635 g/mol. The number of fused-ring (bicyclic) bond motifs is 5. The number of hydrogen-bond donors (Lipinski definition) is 1. The lowest BCUT2D eigenvalue weighted by Crippen LogP contribution is -2.85. The van der Waals surface area contributed by atoms with E-state index in [-0.39, 0.29) is 17.6 Å². The van der Waals surface area contributed by atoms with Crippen LogP contribution in [0.3, 0.4) is 0 Å². The van der Waals surface area contributed by atoms with Gasteiger partial charge in [-0.3, -0.25) is 19.3 Å². The molecule has 2 aliphatic carbocycles. The molecule has 2 bridgehead atoms. The van der Waals surface area contributed by atoms with Crippen LogP contribution in [0.5, 0.6) is 0 Å². The molecular weight excluding hydrogens is 605 g/mol. The molecule has 1 heterocycles. The lowest BCUT2D eigenvalue weighted by molar-refractivity contribution is -0.653. The number of carbonyl (C=O) groups is 4. The Bertz CT molecular complexity index is 1410. The lowest BCUT2D eigenvalue weighted by atomic mass is 9.63. The van der Waals surface area contributed by atoms with Crippen molar-refractivity contribution in [2.24, 2.45) is 16.7 Å². The summed E-state index contributed by atoms with van der Waals surface area (Å²) in [5.74, 6) is -4.37. The maximum absolute atomic E-state index is 14.3. The molecule has 41 heavy (non-hydrogen) atoms. The molecule has 4 atom stereocenters. The Labute approximate surface area is 243 Å². The number of alkyl halides is 4. The third-order valence-electron chi connectivity index (χ3n) is 8.37. The summed E-state index contributed by atoms with van der Waals surface area (Å²) in [6.07, 6.45) is -4.16. The molecular formula is C30H30BrF3N2O5. The summed E-state index contributed by atoms with van der Waals surface area (Å²) in [7, 11) is 0. The number of ketones is 1. The summed E-state index contributed by atoms with van der Waals surface area (Å²) in [5.41, 5.74) is 1.26. The molecule has 0 radical (unpaired) electrons. The third kappa shape index (κ3) is 4.44. The second kappa shape index (κ2) is 10.8. The number of likely N-dealkylation sites (tertiary alicyclic amines) is 1. The molecule has 2 N–H and O–H groups in total. The molecule has 3 aliphatic rings. The van der Waals surface area contributed by atoms with Gasteiger partial charge in [-0.1, -0.05) is 83.5 Å². The number of quaternary nitrogens is 1. The maximum Gasteiger partial charge on any atom is 0.430 e. The molecule has 1 saturated heterocycles. The largest absolute Gasteiger partial charge is 0.542 e. The van der Waals surface area contributed by atoms with Crippen molar-refractivity contribution in [2.75, 3.05) is 19.6 Å². The molecule has 0 aromatic heterocycles. The zero-order valence-corrected chi connectivity index (χ0v) is 24.3. The number of hydrogen-bond acceptors (Lipinski definition) is 5. The van der Waals surface area contributed by atoms with Gasteiger partial charge in [-0.05, 0) is 42.5 Å². The summed E-state index contributed by atoms with van der Waals surface area (Å²) in [5, 5.41) is 10.9. The molecule has 11 heteroatoms. The van der Waals surface area contributed by atoms with Gasteiger partial charge in [0.2, 0.25) is 11.8 Å². The monoisotopic (exact) mass is 634 g/mol. The Hall–Kier alpha value is -3.31. The van der Waals surface area contributed by atoms with E-state index in [1.165, 1.54) is 4.90 Å². The van der Waals surface area contributed by atoms with Crippen LogP contribution in [0.25, 0.3) is 11.1 Å². The van der Waals surface area contributed by atoms with Crippen LogP contribution in [0.2, 0.25) is 0 Å². The van der Waals surface area contributed by atoms with Gasteiger partial charge in [-0.25, -0.2) is 0 Å². The number of carboxylic acids is 1. The first-order chi connectivity index (χ1) is 19.2. The number of nitrogens with two attached hydrogens (primary N) is 1. The van der Waals surface area contributed by atoms with Crippen LogP contribution < -0.4 is 10.4 Å². The van der Waals surface area contributed by atoms with Gasteiger partial charge in [0.1, 0.15) is 10.3 Å². The van der Waals surface area contributed by atoms with Gasteiger partial charge in [-0.15, -0.1) is 0 Å². The van der Waals surface area contributed by atoms with Crippen LogP contribution in [0.1, 0.15) is 38.3 Å². The van der Waals surface area contributed by atoms with Crippen LogP contribution in [0.15, 0.2) is 60.7 Å². The molecule has 218 valence electrons. The van der Waals surface area contributed by atoms with E-state index in [4.69, 9.17) is 9.90 Å². The van der Waals surface area contributed by atoms with Gasteiger partial charge in [0.25, 0.3) is 0 Å². The van der Waals surface area contributed by atoms with Gasteiger partial charge in [-0.2, -0.15) is 13.2 Å². The molecule has 0 spiro atoms. The average Bonchev–Trinajstić information content (AvgIpc) is 3.31. The van der Waals surface area contributed by atoms with Crippen molar-refractivity contribution >= 4 is 50.6 Å². The number of rotatable bonds is 7. The van der Waals surface area contributed by atoms with E-state index in [0.717, 1.165) is 35.2 Å². The summed E-state index contributed by atoms with van der Waals surface area (Å²) in [4.78, 5) is 52.3. The van der Waals surface area contributed by atoms with Crippen molar-refractivity contribution < 1.29 is 42.8 Å². The zero-order chi connectivity index (χ0) is 30.4. The SMILES string of the molecule is CCC[NH2+]CCN1C(=O)C2C3(C)C(=O)C(C)(C(c4ccccc4)=C3c3ccccc3)C2(Br)C1=O.O=C([O-])C(F)(F)F. The van der Waals surface area contributed by atoms with Gasteiger partial charge in [0, 0.05) is 0 Å². The fraction of sp³-hybridized carbons (Fsp3) is 0.400. The Morgan fingerprint density at radius 2 is 1.44 bits per heavy atom. The van der Waals surface area contributed by atoms with Crippen molar-refractivity contribution in [2.45, 2.75) is 37.7 Å². The molecule has 4 unspecified atom stereocenters. The highest BCUT2D eigenvalue weighted by molar-refractivity contribution is 9.10. The fourth-order valence-electron chi connectivity index (χ4n) is 6.64. The minimum absolute atomic E-state index is 0.0570. The standard InChI is InChI=1S/C28H29BrN2O3.C2HF3O2/c1-4-15-30-16-17-31-23(32)22-26(2)20(18-11-7-5-8-12-18)21(19-13-9-6-10-14-19)27(3,24(26)33)28(22,29)25(31)34;3-2(4,5)1(6)7/h5-14,22,30H,4,15-17H2,1-3H3;(H,6,7). The first-order valence-electron chi connectivity index (χ1n) is 13.3. The number of imide groups is 1. The Kier molecular flexibility index (Phi) is 8.09. The Balaban J connectivity index is 0.000000493. The molecule has 2 amide bonds. The number of carbonyl (C=O) groups excluding carboxylic acids is 4. The smallest absolute Gasteiger partial charge is 0.430 e. The first kappa shape index (κ1) is 30.6. The van der Waals surface area contributed by atoms with E-state index >= 15 is 0 Å². The quantitative estimate of drug-likeness (QED) is 0.286. The molecule has 7 nitrogen and oxygen atoms in total. The fourth-order valence-corrected chi connectivity index (χ4v) is 7.89. The number of allylic oxidation sites excluding steroid dienone is 2. The Morgan fingerprint density at radius 1 is 0.951 bits per heavy atom. The highest BCUT2D eigenvalue weighted by Crippen LogP contribution is 2.77. The molecule has 2 aromatic rings. The summed E-state index contributed by atoms with van der Waals surface area (Å²) < 4.78 is 30.3. The molecule has 2 fully saturated rings. The molecule has 5 rings (SSSR count). The van der Waals surface area contributed by atoms with Crippen LogP contribution in [-0.4, -0.2) is 58.6 Å². The summed E-state index contributed by atoms with van der Waals surface area (Å²) in [6.45, 7) is 7.80. The number of carboxylic acid groups (broad SMARTS) is 1. The van der Waals surface area contributed by atoms with E-state index in [0.29, 0.717) is 13.1 Å². The summed E-state index contributed by atoms with van der Waals surface area (Å²) in [6, 6.07) is 19.7. The van der Waals surface area contributed by atoms with Crippen molar-refractivity contribution in [3.8, 4) is 0 Å². The number of benzene rings is 2. The lowest BCUT2D eigenvalue weighted by Gasteiger charge is -2.41. The predicted octanol–water partition coefficient (Wildman–Crippen LogP) is 2.60. The number of Topliss-reactive ketones (excluding diaryl/α,β-unsaturated/α-hetero) is 1. The van der Waals surface area contributed by atoms with Gasteiger partial charge in [0.05, 0.1) is 36.4 Å². The molecule has 1 aliphatic heterocycles. The van der Waals surface area contributed by atoms with E-state index in [2.05, 4.69) is 28.2 Å². The number of aliphatic carboxylic acids is 1.